The predicted molar refractivity (Wildman–Crippen MR) is 88.1 cm³/mol. The lowest BCUT2D eigenvalue weighted by molar-refractivity contribution is 0.0328. The SMILES string of the molecule is O=S(=O)(NC1CC2(CNC2)C1)c1cccc2cncc(Br)c12. The Hall–Kier alpha value is -1.02. The molecule has 0 unspecified atom stereocenters. The zero-order chi connectivity index (χ0) is 15.4. The Labute approximate surface area is 137 Å². The molecule has 116 valence electrons. The van der Waals surface area contributed by atoms with Gasteiger partial charge in [0.2, 0.25) is 10.0 Å². The van der Waals surface area contributed by atoms with Crippen molar-refractivity contribution in [1.29, 1.82) is 0 Å². The van der Waals surface area contributed by atoms with Crippen molar-refractivity contribution in [2.24, 2.45) is 5.41 Å². The van der Waals surface area contributed by atoms with Gasteiger partial charge in [0, 0.05) is 46.8 Å². The number of benzene rings is 1. The number of halogens is 1. The topological polar surface area (TPSA) is 71.1 Å². The van der Waals surface area contributed by atoms with E-state index >= 15 is 0 Å². The molecule has 1 aliphatic heterocycles. The first-order chi connectivity index (χ1) is 10.5. The van der Waals surface area contributed by atoms with Crippen LogP contribution in [0, 0.1) is 5.41 Å². The van der Waals surface area contributed by atoms with Crippen LogP contribution in [-0.4, -0.2) is 32.5 Å². The molecule has 5 nitrogen and oxygen atoms in total. The first-order valence-electron chi connectivity index (χ1n) is 7.24. The molecule has 2 fully saturated rings. The molecule has 1 saturated heterocycles. The van der Waals surface area contributed by atoms with Crippen LogP contribution in [0.5, 0.6) is 0 Å². The number of aromatic nitrogens is 1. The first-order valence-corrected chi connectivity index (χ1v) is 9.52. The largest absolute Gasteiger partial charge is 0.316 e. The van der Waals surface area contributed by atoms with Crippen molar-refractivity contribution in [3.05, 3.63) is 35.1 Å². The Balaban J connectivity index is 1.66. The molecule has 1 saturated carbocycles. The van der Waals surface area contributed by atoms with Crippen molar-refractivity contribution < 1.29 is 8.42 Å². The molecule has 7 heteroatoms. The van der Waals surface area contributed by atoms with Gasteiger partial charge in [0.15, 0.2) is 0 Å². The average Bonchev–Trinajstić information content (AvgIpc) is 2.40. The van der Waals surface area contributed by atoms with Gasteiger partial charge in [-0.05, 0) is 40.3 Å². The van der Waals surface area contributed by atoms with Gasteiger partial charge in [-0.25, -0.2) is 13.1 Å². The molecular weight excluding hydrogens is 366 g/mol. The van der Waals surface area contributed by atoms with E-state index in [0.717, 1.165) is 31.3 Å². The molecule has 0 bridgehead atoms. The minimum absolute atomic E-state index is 0.0444. The highest BCUT2D eigenvalue weighted by molar-refractivity contribution is 9.10. The highest BCUT2D eigenvalue weighted by Crippen LogP contribution is 2.44. The van der Waals surface area contributed by atoms with Crippen LogP contribution in [0.25, 0.3) is 10.8 Å². The van der Waals surface area contributed by atoms with E-state index in [0.29, 0.717) is 20.2 Å². The summed E-state index contributed by atoms with van der Waals surface area (Å²) in [5.74, 6) is 0. The molecule has 2 aliphatic rings. The fourth-order valence-electron chi connectivity index (χ4n) is 3.50. The molecule has 4 rings (SSSR count). The lowest BCUT2D eigenvalue weighted by Gasteiger charge is -2.54. The van der Waals surface area contributed by atoms with Crippen molar-refractivity contribution in [2.45, 2.75) is 23.8 Å². The van der Waals surface area contributed by atoms with Gasteiger partial charge >= 0.3 is 0 Å². The molecule has 1 aliphatic carbocycles. The second-order valence-corrected chi connectivity index (χ2v) is 8.84. The van der Waals surface area contributed by atoms with Gasteiger partial charge in [0.1, 0.15) is 0 Å². The fourth-order valence-corrected chi connectivity index (χ4v) is 5.68. The maximum atomic E-state index is 12.8. The molecule has 1 spiro atoms. The van der Waals surface area contributed by atoms with Crippen LogP contribution in [0.4, 0.5) is 0 Å². The number of fused-ring (bicyclic) bond motifs is 1. The first kappa shape index (κ1) is 14.6. The standard InChI is InChI=1S/C15H16BrN3O2S/c16-12-7-17-6-10-2-1-3-13(14(10)12)22(20,21)19-11-4-15(5-11)8-18-9-15/h1-3,6-7,11,18-19H,4-5,8-9H2. The third-order valence-electron chi connectivity index (χ3n) is 4.67. The van der Waals surface area contributed by atoms with Gasteiger partial charge in [-0.2, -0.15) is 0 Å². The van der Waals surface area contributed by atoms with E-state index in [-0.39, 0.29) is 6.04 Å². The van der Waals surface area contributed by atoms with E-state index in [1.54, 1.807) is 24.5 Å². The number of hydrogen-bond acceptors (Lipinski definition) is 4. The Morgan fingerprint density at radius 3 is 2.73 bits per heavy atom. The summed E-state index contributed by atoms with van der Waals surface area (Å²) < 4.78 is 29.1. The van der Waals surface area contributed by atoms with Gasteiger partial charge in [-0.3, -0.25) is 4.98 Å². The summed E-state index contributed by atoms with van der Waals surface area (Å²) >= 11 is 3.41. The maximum absolute atomic E-state index is 12.8. The summed E-state index contributed by atoms with van der Waals surface area (Å²) in [4.78, 5) is 4.40. The normalized spacial score (nSPS) is 20.8. The summed E-state index contributed by atoms with van der Waals surface area (Å²) in [6, 6.07) is 5.31. The minimum Gasteiger partial charge on any atom is -0.316 e. The maximum Gasteiger partial charge on any atom is 0.241 e. The van der Waals surface area contributed by atoms with Crippen molar-refractivity contribution in [1.82, 2.24) is 15.0 Å². The van der Waals surface area contributed by atoms with Crippen LogP contribution >= 0.6 is 15.9 Å². The third-order valence-corrected chi connectivity index (χ3v) is 6.83. The molecule has 2 aromatic rings. The third kappa shape index (κ3) is 2.27. The van der Waals surface area contributed by atoms with E-state index < -0.39 is 10.0 Å². The summed E-state index contributed by atoms with van der Waals surface area (Å²) in [6.07, 6.45) is 5.15. The summed E-state index contributed by atoms with van der Waals surface area (Å²) in [5.41, 5.74) is 0.344. The Kier molecular flexibility index (Phi) is 3.30. The summed E-state index contributed by atoms with van der Waals surface area (Å²) in [7, 11) is -3.53. The minimum atomic E-state index is -3.53. The number of rotatable bonds is 3. The van der Waals surface area contributed by atoms with Crippen LogP contribution in [0.1, 0.15) is 12.8 Å². The zero-order valence-corrected chi connectivity index (χ0v) is 14.2. The highest BCUT2D eigenvalue weighted by atomic mass is 79.9. The van der Waals surface area contributed by atoms with E-state index in [1.165, 1.54) is 0 Å². The fraction of sp³-hybridized carbons (Fsp3) is 0.400. The number of sulfonamides is 1. The van der Waals surface area contributed by atoms with Gasteiger partial charge < -0.3 is 5.32 Å². The average molecular weight is 382 g/mol. The molecule has 0 amide bonds. The van der Waals surface area contributed by atoms with E-state index in [2.05, 4.69) is 31.0 Å². The van der Waals surface area contributed by atoms with E-state index in [4.69, 9.17) is 0 Å². The summed E-state index contributed by atoms with van der Waals surface area (Å²) in [5, 5.41) is 4.76. The van der Waals surface area contributed by atoms with Crippen LogP contribution in [0.2, 0.25) is 0 Å². The van der Waals surface area contributed by atoms with Crippen molar-refractivity contribution in [2.75, 3.05) is 13.1 Å². The van der Waals surface area contributed by atoms with Gasteiger partial charge in [0.05, 0.1) is 4.90 Å². The van der Waals surface area contributed by atoms with Crippen LogP contribution in [0.15, 0.2) is 40.0 Å². The molecule has 1 aromatic heterocycles. The lowest BCUT2D eigenvalue weighted by atomic mass is 9.62. The quantitative estimate of drug-likeness (QED) is 0.852. The van der Waals surface area contributed by atoms with Crippen LogP contribution in [-0.2, 0) is 10.0 Å². The second kappa shape index (κ2) is 4.99. The Morgan fingerprint density at radius 1 is 1.27 bits per heavy atom. The monoisotopic (exact) mass is 381 g/mol. The van der Waals surface area contributed by atoms with Crippen molar-refractivity contribution >= 4 is 36.7 Å². The zero-order valence-electron chi connectivity index (χ0n) is 11.8. The van der Waals surface area contributed by atoms with Crippen LogP contribution < -0.4 is 10.0 Å². The second-order valence-electron chi connectivity index (χ2n) is 6.31. The van der Waals surface area contributed by atoms with Crippen molar-refractivity contribution in [3.63, 3.8) is 0 Å². The number of nitrogens with zero attached hydrogens (tertiary/aromatic N) is 1. The lowest BCUT2D eigenvalue weighted by Crippen LogP contribution is -2.65. The number of hydrogen-bond donors (Lipinski definition) is 2. The van der Waals surface area contributed by atoms with E-state index in [1.807, 2.05) is 6.07 Å². The molecule has 0 radical (unpaired) electrons. The van der Waals surface area contributed by atoms with Crippen LogP contribution in [0.3, 0.4) is 0 Å². The van der Waals surface area contributed by atoms with E-state index in [9.17, 15) is 8.42 Å². The molecule has 0 atom stereocenters. The Morgan fingerprint density at radius 2 is 2.05 bits per heavy atom. The van der Waals surface area contributed by atoms with Gasteiger partial charge in [-0.15, -0.1) is 0 Å². The molecule has 1 aromatic carbocycles. The summed E-state index contributed by atoms with van der Waals surface area (Å²) in [6.45, 7) is 2.02. The number of pyridine rings is 1. The van der Waals surface area contributed by atoms with Gasteiger partial charge in [0.25, 0.3) is 0 Å². The molecule has 22 heavy (non-hydrogen) atoms. The van der Waals surface area contributed by atoms with Gasteiger partial charge in [-0.1, -0.05) is 12.1 Å². The Bertz CT molecular complexity index is 836. The number of nitrogens with one attached hydrogen (secondary N) is 2. The predicted octanol–water partition coefficient (Wildman–Crippen LogP) is 2.03. The highest BCUT2D eigenvalue weighted by Gasteiger charge is 2.49. The van der Waals surface area contributed by atoms with Crippen molar-refractivity contribution in [3.8, 4) is 0 Å². The molecule has 2 N–H and O–H groups in total. The molecular formula is C15H16BrN3O2S. The smallest absolute Gasteiger partial charge is 0.241 e. The molecule has 2 heterocycles.